The van der Waals surface area contributed by atoms with Gasteiger partial charge in [0.25, 0.3) is 0 Å². The van der Waals surface area contributed by atoms with Crippen molar-refractivity contribution < 1.29 is 14.7 Å². The Balaban J connectivity index is 2.17. The molecule has 1 aromatic carbocycles. The van der Waals surface area contributed by atoms with Crippen LogP contribution in [-0.4, -0.2) is 47.9 Å². The molecule has 7 heteroatoms. The number of aliphatic carboxylic acids is 1. The van der Waals surface area contributed by atoms with Gasteiger partial charge in [-0.3, -0.25) is 4.79 Å². The first-order valence-corrected chi connectivity index (χ1v) is 16.1. The molecule has 0 saturated heterocycles. The standard InChI is InChI=1S/C31H52Cl2N2O3/c1-2-3-4-5-6-7-8-9-10-11-12-13-14-15-16-17-30(36)34-29(31(37)38)26-27-18-20-28(21-19-27)35(24-22-32)25-23-33/h18-21,29H,2-17,22-26H2,1H3,(H,34,36)(H,37,38). The van der Waals surface area contributed by atoms with Gasteiger partial charge >= 0.3 is 5.97 Å². The fraction of sp³-hybridized carbons (Fsp3) is 0.742. The Labute approximate surface area is 242 Å². The average Bonchev–Trinajstić information content (AvgIpc) is 2.90. The fourth-order valence-corrected chi connectivity index (χ4v) is 5.18. The number of halogens is 2. The molecule has 1 unspecified atom stereocenters. The molecule has 1 aromatic rings. The molecule has 0 fully saturated rings. The molecule has 38 heavy (non-hydrogen) atoms. The van der Waals surface area contributed by atoms with E-state index in [2.05, 4.69) is 17.1 Å². The number of nitrogens with zero attached hydrogens (tertiary/aromatic N) is 1. The molecule has 5 nitrogen and oxygen atoms in total. The molecule has 0 spiro atoms. The van der Waals surface area contributed by atoms with Crippen LogP contribution in [-0.2, 0) is 16.0 Å². The fourth-order valence-electron chi connectivity index (χ4n) is 4.78. The van der Waals surface area contributed by atoms with E-state index < -0.39 is 12.0 Å². The Morgan fingerprint density at radius 3 is 1.63 bits per heavy atom. The number of hydrogen-bond donors (Lipinski definition) is 2. The van der Waals surface area contributed by atoms with Crippen LogP contribution in [0.3, 0.4) is 0 Å². The molecular weight excluding hydrogens is 519 g/mol. The highest BCUT2D eigenvalue weighted by Gasteiger charge is 2.20. The number of carboxylic acids is 1. The first-order valence-electron chi connectivity index (χ1n) is 15.0. The van der Waals surface area contributed by atoms with E-state index in [1.54, 1.807) is 0 Å². The minimum Gasteiger partial charge on any atom is -0.480 e. The monoisotopic (exact) mass is 570 g/mol. The number of carbonyl (C=O) groups excluding carboxylic acids is 1. The van der Waals surface area contributed by atoms with Crippen molar-refractivity contribution in [3.63, 3.8) is 0 Å². The first kappa shape index (κ1) is 34.6. The molecule has 0 aromatic heterocycles. The Hall–Kier alpha value is -1.46. The molecule has 0 radical (unpaired) electrons. The quantitative estimate of drug-likeness (QED) is 0.0914. The summed E-state index contributed by atoms with van der Waals surface area (Å²) in [6.07, 6.45) is 19.8. The summed E-state index contributed by atoms with van der Waals surface area (Å²) in [5.74, 6) is -0.181. The molecule has 2 N–H and O–H groups in total. The molecule has 0 aliphatic carbocycles. The summed E-state index contributed by atoms with van der Waals surface area (Å²) in [7, 11) is 0. The summed E-state index contributed by atoms with van der Waals surface area (Å²) in [5, 5.41) is 12.3. The second-order valence-corrected chi connectivity index (χ2v) is 11.1. The second-order valence-electron chi connectivity index (χ2n) is 10.4. The lowest BCUT2D eigenvalue weighted by atomic mass is 10.0. The third-order valence-corrected chi connectivity index (χ3v) is 7.43. The van der Waals surface area contributed by atoms with E-state index >= 15 is 0 Å². The second kappa shape index (κ2) is 23.4. The molecule has 0 heterocycles. The highest BCUT2D eigenvalue weighted by Crippen LogP contribution is 2.17. The van der Waals surface area contributed by atoms with Crippen LogP contribution in [0, 0.1) is 0 Å². The van der Waals surface area contributed by atoms with Crippen molar-refractivity contribution >= 4 is 40.8 Å². The van der Waals surface area contributed by atoms with Crippen molar-refractivity contribution in [2.75, 3.05) is 29.7 Å². The minimum atomic E-state index is -1.01. The van der Waals surface area contributed by atoms with E-state index in [0.29, 0.717) is 31.3 Å². The Morgan fingerprint density at radius 2 is 1.21 bits per heavy atom. The molecular formula is C31H52Cl2N2O3. The zero-order chi connectivity index (χ0) is 27.8. The van der Waals surface area contributed by atoms with Crippen LogP contribution in [0.15, 0.2) is 24.3 Å². The first-order chi connectivity index (χ1) is 18.5. The molecule has 218 valence electrons. The smallest absolute Gasteiger partial charge is 0.326 e. The van der Waals surface area contributed by atoms with Gasteiger partial charge in [0.15, 0.2) is 0 Å². The SMILES string of the molecule is CCCCCCCCCCCCCCCCCC(=O)NC(Cc1ccc(N(CCCl)CCCl)cc1)C(=O)O. The number of hydrogen-bond acceptors (Lipinski definition) is 3. The minimum absolute atomic E-state index is 0.181. The number of unbranched alkanes of at least 4 members (excludes halogenated alkanes) is 14. The van der Waals surface area contributed by atoms with E-state index in [4.69, 9.17) is 23.2 Å². The van der Waals surface area contributed by atoms with Gasteiger partial charge in [0.05, 0.1) is 0 Å². The lowest BCUT2D eigenvalue weighted by Crippen LogP contribution is -2.42. The predicted molar refractivity (Wildman–Crippen MR) is 163 cm³/mol. The summed E-state index contributed by atoms with van der Waals surface area (Å²) in [6, 6.07) is 6.78. The van der Waals surface area contributed by atoms with Crippen LogP contribution < -0.4 is 10.2 Å². The van der Waals surface area contributed by atoms with E-state index in [1.165, 1.54) is 77.0 Å². The number of nitrogens with one attached hydrogen (secondary N) is 1. The topological polar surface area (TPSA) is 69.6 Å². The number of benzene rings is 1. The maximum atomic E-state index is 12.4. The largest absolute Gasteiger partial charge is 0.480 e. The van der Waals surface area contributed by atoms with Crippen LogP contribution in [0.5, 0.6) is 0 Å². The molecule has 0 bridgehead atoms. The highest BCUT2D eigenvalue weighted by molar-refractivity contribution is 6.18. The van der Waals surface area contributed by atoms with Gasteiger partial charge in [-0.05, 0) is 24.1 Å². The summed E-state index contributed by atoms with van der Waals surface area (Å²) in [6.45, 7) is 3.65. The lowest BCUT2D eigenvalue weighted by molar-refractivity contribution is -0.141. The zero-order valence-corrected chi connectivity index (χ0v) is 25.2. The van der Waals surface area contributed by atoms with Gasteiger partial charge in [-0.2, -0.15) is 0 Å². The lowest BCUT2D eigenvalue weighted by Gasteiger charge is -2.23. The Morgan fingerprint density at radius 1 is 0.763 bits per heavy atom. The van der Waals surface area contributed by atoms with E-state index in [-0.39, 0.29) is 12.3 Å². The number of carboxylic acid groups (broad SMARTS) is 1. The third kappa shape index (κ3) is 17.2. The highest BCUT2D eigenvalue weighted by atomic mass is 35.5. The maximum absolute atomic E-state index is 12.4. The maximum Gasteiger partial charge on any atom is 0.326 e. The third-order valence-electron chi connectivity index (χ3n) is 7.09. The van der Waals surface area contributed by atoms with Gasteiger partial charge in [-0.15, -0.1) is 23.2 Å². The number of carbonyl (C=O) groups is 2. The van der Waals surface area contributed by atoms with Crippen LogP contribution in [0.25, 0.3) is 0 Å². The molecule has 0 aliphatic heterocycles. The molecule has 0 aliphatic rings. The molecule has 1 rings (SSSR count). The normalized spacial score (nSPS) is 11.9. The van der Waals surface area contributed by atoms with E-state index in [9.17, 15) is 14.7 Å². The Bertz CT molecular complexity index is 724. The number of rotatable bonds is 25. The van der Waals surface area contributed by atoms with Crippen LogP contribution >= 0.6 is 23.2 Å². The van der Waals surface area contributed by atoms with Crippen LogP contribution in [0.2, 0.25) is 0 Å². The molecule has 1 amide bonds. The average molecular weight is 572 g/mol. The van der Waals surface area contributed by atoms with Crippen LogP contribution in [0.1, 0.15) is 115 Å². The Kier molecular flexibility index (Phi) is 21.3. The van der Waals surface area contributed by atoms with Crippen molar-refractivity contribution in [3.05, 3.63) is 29.8 Å². The summed E-state index contributed by atoms with van der Waals surface area (Å²) in [4.78, 5) is 26.2. The summed E-state index contributed by atoms with van der Waals surface area (Å²) < 4.78 is 0. The molecule has 1 atom stereocenters. The van der Waals surface area contributed by atoms with E-state index in [1.807, 2.05) is 24.3 Å². The van der Waals surface area contributed by atoms with Gasteiger partial charge in [0.2, 0.25) is 5.91 Å². The van der Waals surface area contributed by atoms with Crippen molar-refractivity contribution in [1.82, 2.24) is 5.32 Å². The predicted octanol–water partition coefficient (Wildman–Crippen LogP) is 8.34. The summed E-state index contributed by atoms with van der Waals surface area (Å²) in [5.41, 5.74) is 1.87. The van der Waals surface area contributed by atoms with Gasteiger partial charge in [-0.1, -0.05) is 109 Å². The van der Waals surface area contributed by atoms with Crippen molar-refractivity contribution in [2.24, 2.45) is 0 Å². The number of amides is 1. The van der Waals surface area contributed by atoms with Crippen molar-refractivity contribution in [3.8, 4) is 0 Å². The number of alkyl halides is 2. The van der Waals surface area contributed by atoms with Crippen LogP contribution in [0.4, 0.5) is 5.69 Å². The van der Waals surface area contributed by atoms with Gasteiger partial charge in [-0.25, -0.2) is 4.79 Å². The summed E-state index contributed by atoms with van der Waals surface area (Å²) >= 11 is 11.8. The van der Waals surface area contributed by atoms with Gasteiger partial charge in [0.1, 0.15) is 6.04 Å². The van der Waals surface area contributed by atoms with Crippen molar-refractivity contribution in [2.45, 2.75) is 122 Å². The zero-order valence-electron chi connectivity index (χ0n) is 23.7. The van der Waals surface area contributed by atoms with Crippen molar-refractivity contribution in [1.29, 1.82) is 0 Å². The van der Waals surface area contributed by atoms with E-state index in [0.717, 1.165) is 30.5 Å². The van der Waals surface area contributed by atoms with Gasteiger partial charge in [0, 0.05) is 43.4 Å². The number of anilines is 1. The van der Waals surface area contributed by atoms with Gasteiger partial charge < -0.3 is 15.3 Å². The molecule has 0 saturated carbocycles.